The minimum absolute atomic E-state index is 0.300. The Morgan fingerprint density at radius 1 is 1.10 bits per heavy atom. The van der Waals surface area contributed by atoms with Gasteiger partial charge in [0.2, 0.25) is 11.9 Å². The predicted molar refractivity (Wildman–Crippen MR) is 111 cm³/mol. The lowest BCUT2D eigenvalue weighted by Crippen LogP contribution is -2.29. The van der Waals surface area contributed by atoms with E-state index in [1.165, 1.54) is 16.5 Å². The van der Waals surface area contributed by atoms with Crippen molar-refractivity contribution in [1.82, 2.24) is 19.2 Å². The second kappa shape index (κ2) is 7.78. The molecule has 0 unspecified atom stereocenters. The number of nitrogens with zero attached hydrogens (tertiary/aromatic N) is 4. The third-order valence-electron chi connectivity index (χ3n) is 4.49. The number of fused-ring (bicyclic) bond motifs is 1. The molecule has 0 saturated carbocycles. The maximum absolute atomic E-state index is 13.5. The molecule has 9 heteroatoms. The minimum atomic E-state index is -0.512. The molecule has 0 aliphatic heterocycles. The van der Waals surface area contributed by atoms with Crippen LogP contribution in [0.3, 0.4) is 0 Å². The fourth-order valence-electron chi connectivity index (χ4n) is 3.05. The van der Waals surface area contributed by atoms with E-state index >= 15 is 0 Å². The van der Waals surface area contributed by atoms with Gasteiger partial charge in [-0.2, -0.15) is 0 Å². The third-order valence-corrected chi connectivity index (χ3v) is 4.49. The molecule has 2 N–H and O–H groups in total. The maximum atomic E-state index is 13.5. The Hall–Kier alpha value is -4.01. The fraction of sp³-hybridized carbons (Fsp3) is 0.143. The van der Waals surface area contributed by atoms with Crippen molar-refractivity contribution >= 4 is 28.9 Å². The fourth-order valence-corrected chi connectivity index (χ4v) is 3.05. The highest BCUT2D eigenvalue weighted by atomic mass is 19.1. The number of hydrogen-bond acceptors (Lipinski definition) is 5. The number of nitrogens with one attached hydrogen (secondary N) is 2. The number of para-hydroxylation sites is 1. The molecule has 2 heterocycles. The zero-order valence-corrected chi connectivity index (χ0v) is 16.4. The van der Waals surface area contributed by atoms with Gasteiger partial charge in [0.25, 0.3) is 0 Å². The lowest BCUT2D eigenvalue weighted by Gasteiger charge is -2.08. The van der Waals surface area contributed by atoms with Crippen molar-refractivity contribution in [3.05, 3.63) is 82.2 Å². The summed E-state index contributed by atoms with van der Waals surface area (Å²) >= 11 is 0. The Kier molecular flexibility index (Phi) is 5.01. The third kappa shape index (κ3) is 3.90. The number of hydrogen-bond donors (Lipinski definition) is 2. The summed E-state index contributed by atoms with van der Waals surface area (Å²) in [4.78, 5) is 29.7. The number of halogens is 1. The first-order valence-electron chi connectivity index (χ1n) is 9.26. The maximum Gasteiger partial charge on any atom is 0.353 e. The molecule has 2 aromatic heterocycles. The van der Waals surface area contributed by atoms with Crippen LogP contribution in [0.1, 0.15) is 11.3 Å². The standard InChI is InChI=1S/C21H19FN6O2/c1-13-8-9-15(22)11-17(13)25-19(29)12-27-21(30)28-18(26-27)10-14(2)23-20(28)24-16-6-4-3-5-7-16/h3-11H,12H2,1-2H3,(H,23,24)(H,25,29). The number of benzene rings is 2. The highest BCUT2D eigenvalue weighted by Crippen LogP contribution is 2.17. The van der Waals surface area contributed by atoms with Crippen LogP contribution in [0.15, 0.2) is 59.4 Å². The Balaban J connectivity index is 1.64. The molecule has 30 heavy (non-hydrogen) atoms. The normalized spacial score (nSPS) is 10.9. The van der Waals surface area contributed by atoms with Crippen molar-refractivity contribution in [3.8, 4) is 0 Å². The van der Waals surface area contributed by atoms with Gasteiger partial charge in [-0.05, 0) is 43.7 Å². The molecule has 0 atom stereocenters. The first-order chi connectivity index (χ1) is 14.4. The van der Waals surface area contributed by atoms with Crippen molar-refractivity contribution in [3.63, 3.8) is 0 Å². The number of aromatic nitrogens is 4. The van der Waals surface area contributed by atoms with Crippen LogP contribution in [0.2, 0.25) is 0 Å². The van der Waals surface area contributed by atoms with Gasteiger partial charge in [0.1, 0.15) is 12.4 Å². The van der Waals surface area contributed by atoms with Gasteiger partial charge >= 0.3 is 5.69 Å². The van der Waals surface area contributed by atoms with Crippen LogP contribution in [-0.2, 0) is 11.3 Å². The number of carbonyl (C=O) groups is 1. The quantitative estimate of drug-likeness (QED) is 0.531. The van der Waals surface area contributed by atoms with E-state index in [2.05, 4.69) is 20.7 Å². The van der Waals surface area contributed by atoms with E-state index in [1.807, 2.05) is 30.3 Å². The summed E-state index contributed by atoms with van der Waals surface area (Å²) in [6.07, 6.45) is 0. The first-order valence-corrected chi connectivity index (χ1v) is 9.26. The molecule has 0 bridgehead atoms. The summed E-state index contributed by atoms with van der Waals surface area (Å²) in [5.74, 6) is -0.649. The van der Waals surface area contributed by atoms with E-state index in [1.54, 1.807) is 26.0 Å². The van der Waals surface area contributed by atoms with E-state index in [9.17, 15) is 14.0 Å². The molecular weight excluding hydrogens is 387 g/mol. The van der Waals surface area contributed by atoms with E-state index in [0.29, 0.717) is 28.5 Å². The summed E-state index contributed by atoms with van der Waals surface area (Å²) in [5, 5.41) is 9.97. The van der Waals surface area contributed by atoms with Crippen LogP contribution in [0, 0.1) is 19.7 Å². The van der Waals surface area contributed by atoms with Crippen LogP contribution < -0.4 is 16.3 Å². The molecule has 0 aliphatic carbocycles. The van der Waals surface area contributed by atoms with Crippen LogP contribution in [-0.4, -0.2) is 25.1 Å². The highest BCUT2D eigenvalue weighted by Gasteiger charge is 2.16. The number of amides is 1. The molecule has 0 aliphatic rings. The van der Waals surface area contributed by atoms with Crippen LogP contribution in [0.5, 0.6) is 0 Å². The molecule has 2 aromatic carbocycles. The van der Waals surface area contributed by atoms with Crippen LogP contribution in [0.25, 0.3) is 5.65 Å². The second-order valence-electron chi connectivity index (χ2n) is 6.85. The SMILES string of the molecule is Cc1cc2nn(CC(=O)Nc3cc(F)ccc3C)c(=O)n2c(Nc2ccccc2)n1. The Morgan fingerprint density at radius 2 is 1.87 bits per heavy atom. The average Bonchev–Trinajstić information content (AvgIpc) is 3.00. The molecule has 0 spiro atoms. The largest absolute Gasteiger partial charge is 0.353 e. The van der Waals surface area contributed by atoms with Gasteiger partial charge in [-0.25, -0.2) is 23.3 Å². The minimum Gasteiger partial charge on any atom is -0.325 e. The van der Waals surface area contributed by atoms with Gasteiger partial charge < -0.3 is 10.6 Å². The summed E-state index contributed by atoms with van der Waals surface area (Å²) in [6, 6.07) is 15.1. The van der Waals surface area contributed by atoms with Crippen molar-refractivity contribution in [2.75, 3.05) is 10.6 Å². The molecular formula is C21H19FN6O2. The molecule has 4 rings (SSSR count). The van der Waals surface area contributed by atoms with Crippen molar-refractivity contribution in [2.45, 2.75) is 20.4 Å². The topological polar surface area (TPSA) is 93.3 Å². The van der Waals surface area contributed by atoms with Gasteiger partial charge in [-0.15, -0.1) is 5.10 Å². The Labute approximate surface area is 171 Å². The van der Waals surface area contributed by atoms with Gasteiger partial charge in [0.15, 0.2) is 5.65 Å². The summed E-state index contributed by atoms with van der Waals surface area (Å²) in [5.41, 5.74) is 2.33. The second-order valence-corrected chi connectivity index (χ2v) is 6.85. The lowest BCUT2D eigenvalue weighted by atomic mass is 10.2. The molecule has 4 aromatic rings. The Morgan fingerprint density at radius 3 is 2.63 bits per heavy atom. The summed E-state index contributed by atoms with van der Waals surface area (Å²) in [6.45, 7) is 3.22. The van der Waals surface area contributed by atoms with Gasteiger partial charge in [0.05, 0.1) is 0 Å². The zero-order chi connectivity index (χ0) is 21.3. The number of aryl methyl sites for hydroxylation is 2. The lowest BCUT2D eigenvalue weighted by molar-refractivity contribution is -0.117. The Bertz CT molecular complexity index is 1300. The van der Waals surface area contributed by atoms with Crippen molar-refractivity contribution in [1.29, 1.82) is 0 Å². The smallest absolute Gasteiger partial charge is 0.325 e. The summed E-state index contributed by atoms with van der Waals surface area (Å²) in [7, 11) is 0. The van der Waals surface area contributed by atoms with E-state index in [0.717, 1.165) is 10.4 Å². The highest BCUT2D eigenvalue weighted by molar-refractivity contribution is 5.91. The summed E-state index contributed by atoms with van der Waals surface area (Å²) < 4.78 is 15.8. The molecule has 1 amide bonds. The van der Waals surface area contributed by atoms with Gasteiger partial charge in [-0.1, -0.05) is 24.3 Å². The number of rotatable bonds is 5. The van der Waals surface area contributed by atoms with Gasteiger partial charge in [0, 0.05) is 23.1 Å². The molecule has 8 nitrogen and oxygen atoms in total. The molecule has 0 radical (unpaired) electrons. The molecule has 0 saturated heterocycles. The zero-order valence-electron chi connectivity index (χ0n) is 16.4. The van der Waals surface area contributed by atoms with E-state index in [-0.39, 0.29) is 6.54 Å². The van der Waals surface area contributed by atoms with E-state index < -0.39 is 17.4 Å². The average molecular weight is 406 g/mol. The van der Waals surface area contributed by atoms with Crippen molar-refractivity contribution < 1.29 is 9.18 Å². The first kappa shape index (κ1) is 19.3. The predicted octanol–water partition coefficient (Wildman–Crippen LogP) is 3.03. The monoisotopic (exact) mass is 406 g/mol. The van der Waals surface area contributed by atoms with Crippen LogP contribution >= 0.6 is 0 Å². The molecule has 0 fully saturated rings. The van der Waals surface area contributed by atoms with Crippen LogP contribution in [0.4, 0.5) is 21.7 Å². The van der Waals surface area contributed by atoms with E-state index in [4.69, 9.17) is 0 Å². The molecule has 152 valence electrons. The number of carbonyl (C=O) groups excluding carboxylic acids is 1. The van der Waals surface area contributed by atoms with Gasteiger partial charge in [-0.3, -0.25) is 4.79 Å². The number of anilines is 3. The van der Waals surface area contributed by atoms with Crippen molar-refractivity contribution in [2.24, 2.45) is 0 Å².